The van der Waals surface area contributed by atoms with Gasteiger partial charge in [0.15, 0.2) is 11.5 Å². The van der Waals surface area contributed by atoms with Crippen LogP contribution >= 0.6 is 0 Å². The summed E-state index contributed by atoms with van der Waals surface area (Å²) < 4.78 is 43.0. The predicted octanol–water partition coefficient (Wildman–Crippen LogP) is 4.77. The van der Waals surface area contributed by atoms with E-state index in [1.807, 2.05) is 18.2 Å². The number of oxazole rings is 1. The first-order valence-corrected chi connectivity index (χ1v) is 6.69. The van der Waals surface area contributed by atoms with Crippen LogP contribution in [0, 0.1) is 6.92 Å². The van der Waals surface area contributed by atoms with Gasteiger partial charge in [0.2, 0.25) is 0 Å². The number of alkyl halides is 3. The van der Waals surface area contributed by atoms with Crippen molar-refractivity contribution in [2.75, 3.05) is 5.32 Å². The number of nitrogens with one attached hydrogen (secondary N) is 1. The highest BCUT2D eigenvalue weighted by atomic mass is 19.4. The Labute approximate surface area is 124 Å². The largest absolute Gasteiger partial charge is 0.441 e. The van der Waals surface area contributed by atoms with Gasteiger partial charge in [0.1, 0.15) is 5.52 Å². The Balaban J connectivity index is 1.77. The molecule has 0 aliphatic carbocycles. The van der Waals surface area contributed by atoms with Gasteiger partial charge >= 0.3 is 6.18 Å². The van der Waals surface area contributed by atoms with E-state index >= 15 is 0 Å². The molecule has 0 saturated heterocycles. The van der Waals surface area contributed by atoms with Crippen LogP contribution in [0.5, 0.6) is 0 Å². The number of rotatable bonds is 3. The minimum atomic E-state index is -4.31. The van der Waals surface area contributed by atoms with Crippen molar-refractivity contribution in [1.29, 1.82) is 0 Å². The Morgan fingerprint density at radius 1 is 1.09 bits per heavy atom. The van der Waals surface area contributed by atoms with Crippen molar-refractivity contribution < 1.29 is 17.6 Å². The van der Waals surface area contributed by atoms with E-state index in [0.717, 1.165) is 23.4 Å². The molecule has 1 N–H and O–H groups in total. The second-order valence-electron chi connectivity index (χ2n) is 4.93. The van der Waals surface area contributed by atoms with E-state index in [2.05, 4.69) is 10.3 Å². The molecule has 0 fully saturated rings. The Hall–Kier alpha value is -2.50. The lowest BCUT2D eigenvalue weighted by molar-refractivity contribution is -0.137. The van der Waals surface area contributed by atoms with Gasteiger partial charge in [-0.1, -0.05) is 18.2 Å². The molecular weight excluding hydrogens is 293 g/mol. The molecule has 3 nitrogen and oxygen atoms in total. The molecule has 0 atom stereocenters. The van der Waals surface area contributed by atoms with Crippen molar-refractivity contribution >= 4 is 16.8 Å². The fraction of sp³-hybridized carbons (Fsp3) is 0.188. The van der Waals surface area contributed by atoms with Crippen LogP contribution in [-0.2, 0) is 12.7 Å². The molecular formula is C16H13F3N2O. The van der Waals surface area contributed by atoms with Crippen molar-refractivity contribution in [3.05, 3.63) is 59.5 Å². The Morgan fingerprint density at radius 3 is 2.50 bits per heavy atom. The van der Waals surface area contributed by atoms with Crippen LogP contribution < -0.4 is 5.32 Å². The molecule has 0 aliphatic heterocycles. The minimum absolute atomic E-state index is 0.406. The first-order valence-electron chi connectivity index (χ1n) is 6.69. The number of aromatic nitrogens is 1. The maximum Gasteiger partial charge on any atom is 0.416 e. The van der Waals surface area contributed by atoms with E-state index in [1.165, 1.54) is 12.1 Å². The summed E-state index contributed by atoms with van der Waals surface area (Å²) in [5.41, 5.74) is 2.28. The fourth-order valence-corrected chi connectivity index (χ4v) is 2.21. The smallest absolute Gasteiger partial charge is 0.416 e. The zero-order valence-electron chi connectivity index (χ0n) is 11.7. The Bertz CT molecular complexity index is 791. The van der Waals surface area contributed by atoms with Gasteiger partial charge in [-0.15, -0.1) is 0 Å². The number of hydrogen-bond donors (Lipinski definition) is 1. The molecule has 114 valence electrons. The molecule has 0 radical (unpaired) electrons. The van der Waals surface area contributed by atoms with Crippen LogP contribution in [0.15, 0.2) is 46.9 Å². The van der Waals surface area contributed by atoms with Crippen LogP contribution in [0.2, 0.25) is 0 Å². The number of hydrogen-bond acceptors (Lipinski definition) is 3. The standard InChI is InChI=1S/C16H13F3N2O/c1-10-21-15-13(3-2-4-14(15)22-10)20-9-11-5-7-12(8-6-11)16(17,18)19/h2-8,20H,9H2,1H3. The van der Waals surface area contributed by atoms with Crippen LogP contribution in [0.4, 0.5) is 18.9 Å². The Morgan fingerprint density at radius 2 is 1.82 bits per heavy atom. The summed E-state index contributed by atoms with van der Waals surface area (Å²) in [6, 6.07) is 10.6. The fourth-order valence-electron chi connectivity index (χ4n) is 2.21. The lowest BCUT2D eigenvalue weighted by Gasteiger charge is -2.09. The Kier molecular flexibility index (Phi) is 3.52. The van der Waals surface area contributed by atoms with Gasteiger partial charge in [-0.25, -0.2) is 4.98 Å². The van der Waals surface area contributed by atoms with Crippen LogP contribution in [0.1, 0.15) is 17.0 Å². The maximum atomic E-state index is 12.5. The van der Waals surface area contributed by atoms with E-state index in [0.29, 0.717) is 23.5 Å². The SMILES string of the molecule is Cc1nc2c(NCc3ccc(C(F)(F)F)cc3)cccc2o1. The summed E-state index contributed by atoms with van der Waals surface area (Å²) in [5, 5.41) is 3.17. The normalized spacial score (nSPS) is 11.8. The van der Waals surface area contributed by atoms with Gasteiger partial charge in [-0.3, -0.25) is 0 Å². The van der Waals surface area contributed by atoms with Crippen molar-refractivity contribution in [2.24, 2.45) is 0 Å². The lowest BCUT2D eigenvalue weighted by Crippen LogP contribution is -2.05. The van der Waals surface area contributed by atoms with Gasteiger partial charge in [0.05, 0.1) is 11.3 Å². The second kappa shape index (κ2) is 5.36. The molecule has 3 aromatic rings. The average Bonchev–Trinajstić information content (AvgIpc) is 2.85. The number of anilines is 1. The molecule has 6 heteroatoms. The molecule has 1 heterocycles. The van der Waals surface area contributed by atoms with Crippen LogP contribution in [-0.4, -0.2) is 4.98 Å². The number of benzene rings is 2. The third kappa shape index (κ3) is 2.90. The molecule has 0 spiro atoms. The third-order valence-corrected chi connectivity index (χ3v) is 3.29. The monoisotopic (exact) mass is 306 g/mol. The van der Waals surface area contributed by atoms with E-state index < -0.39 is 11.7 Å². The minimum Gasteiger partial charge on any atom is -0.441 e. The summed E-state index contributed by atoms with van der Waals surface area (Å²) in [6.07, 6.45) is -4.31. The van der Waals surface area contributed by atoms with Crippen molar-refractivity contribution in [1.82, 2.24) is 4.98 Å². The average molecular weight is 306 g/mol. The molecule has 0 bridgehead atoms. The van der Waals surface area contributed by atoms with Gasteiger partial charge < -0.3 is 9.73 Å². The van der Waals surface area contributed by atoms with E-state index in [9.17, 15) is 13.2 Å². The van der Waals surface area contributed by atoms with E-state index in [1.54, 1.807) is 6.92 Å². The molecule has 0 saturated carbocycles. The molecule has 22 heavy (non-hydrogen) atoms. The topological polar surface area (TPSA) is 38.1 Å². The van der Waals surface area contributed by atoms with Gasteiger partial charge in [0.25, 0.3) is 0 Å². The summed E-state index contributed by atoms with van der Waals surface area (Å²) in [5.74, 6) is 0.568. The van der Waals surface area contributed by atoms with Gasteiger partial charge in [-0.2, -0.15) is 13.2 Å². The summed E-state index contributed by atoms with van der Waals surface area (Å²) in [6.45, 7) is 2.17. The number of aryl methyl sites for hydroxylation is 1. The van der Waals surface area contributed by atoms with E-state index in [-0.39, 0.29) is 0 Å². The first kappa shape index (κ1) is 14.4. The van der Waals surface area contributed by atoms with Gasteiger partial charge in [-0.05, 0) is 29.8 Å². The summed E-state index contributed by atoms with van der Waals surface area (Å²) >= 11 is 0. The lowest BCUT2D eigenvalue weighted by atomic mass is 10.1. The predicted molar refractivity (Wildman–Crippen MR) is 77.5 cm³/mol. The zero-order chi connectivity index (χ0) is 15.7. The third-order valence-electron chi connectivity index (χ3n) is 3.29. The van der Waals surface area contributed by atoms with Crippen molar-refractivity contribution in [3.63, 3.8) is 0 Å². The number of para-hydroxylation sites is 1. The molecule has 3 rings (SSSR count). The highest BCUT2D eigenvalue weighted by Crippen LogP contribution is 2.29. The number of halogens is 3. The first-order chi connectivity index (χ1) is 10.4. The highest BCUT2D eigenvalue weighted by molar-refractivity contribution is 5.86. The van der Waals surface area contributed by atoms with E-state index in [4.69, 9.17) is 4.42 Å². The number of fused-ring (bicyclic) bond motifs is 1. The summed E-state index contributed by atoms with van der Waals surface area (Å²) in [7, 11) is 0. The van der Waals surface area contributed by atoms with Crippen LogP contribution in [0.25, 0.3) is 11.1 Å². The molecule has 0 unspecified atom stereocenters. The molecule has 0 amide bonds. The number of nitrogens with zero attached hydrogens (tertiary/aromatic N) is 1. The maximum absolute atomic E-state index is 12.5. The highest BCUT2D eigenvalue weighted by Gasteiger charge is 2.29. The van der Waals surface area contributed by atoms with Crippen LogP contribution in [0.3, 0.4) is 0 Å². The second-order valence-corrected chi connectivity index (χ2v) is 4.93. The molecule has 1 aromatic heterocycles. The quantitative estimate of drug-likeness (QED) is 0.757. The molecule has 0 aliphatic rings. The summed E-state index contributed by atoms with van der Waals surface area (Å²) in [4.78, 5) is 4.29. The molecule has 2 aromatic carbocycles. The van der Waals surface area contributed by atoms with Crippen molar-refractivity contribution in [3.8, 4) is 0 Å². The zero-order valence-corrected chi connectivity index (χ0v) is 11.7. The van der Waals surface area contributed by atoms with Gasteiger partial charge in [0, 0.05) is 13.5 Å². The van der Waals surface area contributed by atoms with Crippen molar-refractivity contribution in [2.45, 2.75) is 19.6 Å².